The van der Waals surface area contributed by atoms with Crippen molar-refractivity contribution < 1.29 is 15.0 Å². The van der Waals surface area contributed by atoms with Crippen LogP contribution in [0.15, 0.2) is 17.5 Å². The lowest BCUT2D eigenvalue weighted by Gasteiger charge is -2.14. The summed E-state index contributed by atoms with van der Waals surface area (Å²) in [4.78, 5) is 13.5. The quantitative estimate of drug-likeness (QED) is 0.736. The zero-order valence-corrected chi connectivity index (χ0v) is 9.91. The van der Waals surface area contributed by atoms with Gasteiger partial charge in [0.2, 0.25) is 0 Å². The lowest BCUT2D eigenvalue weighted by Crippen LogP contribution is -2.21. The molecule has 0 aliphatic rings. The fourth-order valence-corrected chi connectivity index (χ4v) is 2.23. The lowest BCUT2D eigenvalue weighted by atomic mass is 10.2. The predicted molar refractivity (Wildman–Crippen MR) is 64.4 cm³/mol. The second-order valence-corrected chi connectivity index (χ2v) is 4.43. The Labute approximate surface area is 98.4 Å². The number of aliphatic carboxylic acids is 1. The number of nitrogens with zero attached hydrogens (tertiary/aromatic N) is 1. The van der Waals surface area contributed by atoms with Gasteiger partial charge in [-0.25, -0.2) is 4.79 Å². The number of aliphatic hydroxyl groups is 1. The Bertz CT molecular complexity index is 373. The number of hydrogen-bond acceptors (Lipinski definition) is 4. The number of carboxylic acids is 1. The molecule has 0 aliphatic carbocycles. The molecule has 1 rings (SSSR count). The van der Waals surface area contributed by atoms with Crippen LogP contribution in [0.5, 0.6) is 0 Å². The van der Waals surface area contributed by atoms with Gasteiger partial charge in [-0.3, -0.25) is 4.90 Å². The molecule has 0 aliphatic heterocycles. The Kier molecular flexibility index (Phi) is 5.18. The third-order valence-corrected chi connectivity index (χ3v) is 3.00. The van der Waals surface area contributed by atoms with Crippen LogP contribution >= 0.6 is 11.3 Å². The van der Waals surface area contributed by atoms with E-state index >= 15 is 0 Å². The average molecular weight is 241 g/mol. The number of carbonyl (C=O) groups is 1. The van der Waals surface area contributed by atoms with E-state index in [2.05, 4.69) is 0 Å². The molecular formula is C11H15NO3S. The molecule has 0 aromatic carbocycles. The minimum atomic E-state index is -0.944. The monoisotopic (exact) mass is 241 g/mol. The van der Waals surface area contributed by atoms with Crippen LogP contribution < -0.4 is 0 Å². The normalized spacial score (nSPS) is 11.4. The Morgan fingerprint density at radius 3 is 3.00 bits per heavy atom. The highest BCUT2D eigenvalue weighted by atomic mass is 32.1. The van der Waals surface area contributed by atoms with Crippen molar-refractivity contribution in [1.29, 1.82) is 0 Å². The average Bonchev–Trinajstić information content (AvgIpc) is 2.62. The van der Waals surface area contributed by atoms with Crippen molar-refractivity contribution >= 4 is 23.4 Å². The molecule has 1 heterocycles. The number of rotatable bonds is 6. The van der Waals surface area contributed by atoms with E-state index in [4.69, 9.17) is 10.2 Å². The fourth-order valence-electron chi connectivity index (χ4n) is 1.28. The largest absolute Gasteiger partial charge is 0.478 e. The summed E-state index contributed by atoms with van der Waals surface area (Å²) in [6.45, 7) is 1.46. The summed E-state index contributed by atoms with van der Waals surface area (Å²) in [7, 11) is 1.92. The van der Waals surface area contributed by atoms with Gasteiger partial charge in [0.25, 0.3) is 0 Å². The summed E-state index contributed by atoms with van der Waals surface area (Å²) >= 11 is 1.59. The second-order valence-electron chi connectivity index (χ2n) is 3.43. The minimum Gasteiger partial charge on any atom is -0.478 e. The first-order valence-corrected chi connectivity index (χ1v) is 5.78. The minimum absolute atomic E-state index is 0.127. The topological polar surface area (TPSA) is 60.8 Å². The number of aliphatic hydroxyl groups excluding tert-OH is 1. The molecule has 0 saturated heterocycles. The van der Waals surface area contributed by atoms with Gasteiger partial charge in [-0.2, -0.15) is 0 Å². The molecule has 0 fully saturated rings. The van der Waals surface area contributed by atoms with Gasteiger partial charge in [-0.05, 0) is 30.1 Å². The van der Waals surface area contributed by atoms with Gasteiger partial charge in [0.15, 0.2) is 0 Å². The van der Waals surface area contributed by atoms with E-state index in [1.165, 1.54) is 0 Å². The zero-order valence-electron chi connectivity index (χ0n) is 9.09. The highest BCUT2D eigenvalue weighted by Gasteiger charge is 2.05. The molecule has 88 valence electrons. The maximum Gasteiger partial charge on any atom is 0.328 e. The first-order chi connectivity index (χ1) is 7.63. The molecule has 16 heavy (non-hydrogen) atoms. The number of thiophene rings is 1. The molecular weight excluding hydrogens is 226 g/mol. The first-order valence-electron chi connectivity index (χ1n) is 4.90. The van der Waals surface area contributed by atoms with Crippen LogP contribution in [0.25, 0.3) is 6.08 Å². The van der Waals surface area contributed by atoms with Gasteiger partial charge in [0.05, 0.1) is 6.61 Å². The molecule has 0 radical (unpaired) electrons. The van der Waals surface area contributed by atoms with Gasteiger partial charge in [-0.15, -0.1) is 11.3 Å². The van der Waals surface area contributed by atoms with Crippen molar-refractivity contribution in [1.82, 2.24) is 4.90 Å². The Balaban J connectivity index is 2.67. The molecule has 1 aromatic heterocycles. The van der Waals surface area contributed by atoms with Gasteiger partial charge >= 0.3 is 5.97 Å². The predicted octanol–water partition coefficient (Wildman–Crippen LogP) is 1.27. The molecule has 0 unspecified atom stereocenters. The van der Waals surface area contributed by atoms with Crippen molar-refractivity contribution in [2.45, 2.75) is 6.54 Å². The van der Waals surface area contributed by atoms with Crippen molar-refractivity contribution in [2.75, 3.05) is 20.2 Å². The Hall–Kier alpha value is -1.17. The van der Waals surface area contributed by atoms with E-state index in [-0.39, 0.29) is 6.61 Å². The summed E-state index contributed by atoms with van der Waals surface area (Å²) in [6, 6.07) is 1.90. The van der Waals surface area contributed by atoms with Crippen LogP contribution in [-0.4, -0.2) is 41.3 Å². The summed E-state index contributed by atoms with van der Waals surface area (Å²) in [5, 5.41) is 19.3. The number of carboxylic acid groups (broad SMARTS) is 1. The van der Waals surface area contributed by atoms with Crippen LogP contribution in [0.4, 0.5) is 0 Å². The summed E-state index contributed by atoms with van der Waals surface area (Å²) in [6.07, 6.45) is 2.73. The summed E-state index contributed by atoms with van der Waals surface area (Å²) in [5.41, 5.74) is 0.928. The molecule has 2 N–H and O–H groups in total. The highest BCUT2D eigenvalue weighted by molar-refractivity contribution is 7.10. The van der Waals surface area contributed by atoms with Crippen LogP contribution in [-0.2, 0) is 11.3 Å². The molecule has 1 aromatic rings. The van der Waals surface area contributed by atoms with Crippen LogP contribution in [0, 0.1) is 0 Å². The van der Waals surface area contributed by atoms with Crippen molar-refractivity contribution in [3.8, 4) is 0 Å². The fraction of sp³-hybridized carbons (Fsp3) is 0.364. The van der Waals surface area contributed by atoms with E-state index in [0.717, 1.165) is 23.1 Å². The lowest BCUT2D eigenvalue weighted by molar-refractivity contribution is -0.131. The Morgan fingerprint density at radius 2 is 2.38 bits per heavy atom. The zero-order chi connectivity index (χ0) is 12.0. The van der Waals surface area contributed by atoms with E-state index < -0.39 is 5.97 Å². The Morgan fingerprint density at radius 1 is 1.62 bits per heavy atom. The highest BCUT2D eigenvalue weighted by Crippen LogP contribution is 2.19. The second kappa shape index (κ2) is 6.42. The summed E-state index contributed by atoms with van der Waals surface area (Å²) < 4.78 is 0. The van der Waals surface area contributed by atoms with Crippen LogP contribution in [0.1, 0.15) is 10.4 Å². The van der Waals surface area contributed by atoms with Crippen molar-refractivity contribution in [3.63, 3.8) is 0 Å². The molecule has 0 saturated carbocycles. The molecule has 5 heteroatoms. The molecule has 0 bridgehead atoms. The van der Waals surface area contributed by atoms with Gasteiger partial charge in [0, 0.05) is 24.0 Å². The van der Waals surface area contributed by atoms with E-state index in [9.17, 15) is 4.79 Å². The van der Waals surface area contributed by atoms with Crippen molar-refractivity contribution in [3.05, 3.63) is 28.0 Å². The first kappa shape index (κ1) is 12.9. The van der Waals surface area contributed by atoms with Crippen LogP contribution in [0.2, 0.25) is 0 Å². The maximum absolute atomic E-state index is 10.4. The van der Waals surface area contributed by atoms with Gasteiger partial charge in [0.1, 0.15) is 0 Å². The SMILES string of the molecule is CN(CCO)Cc1sccc1C=CC(=O)O. The van der Waals surface area contributed by atoms with E-state index in [0.29, 0.717) is 6.54 Å². The molecule has 0 atom stereocenters. The molecule has 4 nitrogen and oxygen atoms in total. The van der Waals surface area contributed by atoms with Gasteiger partial charge in [-0.1, -0.05) is 0 Å². The molecule has 0 amide bonds. The maximum atomic E-state index is 10.4. The van der Waals surface area contributed by atoms with Crippen LogP contribution in [0.3, 0.4) is 0 Å². The van der Waals surface area contributed by atoms with Crippen molar-refractivity contribution in [2.24, 2.45) is 0 Å². The third-order valence-electron chi connectivity index (χ3n) is 2.08. The molecule has 0 spiro atoms. The van der Waals surface area contributed by atoms with Gasteiger partial charge < -0.3 is 10.2 Å². The summed E-state index contributed by atoms with van der Waals surface area (Å²) in [5.74, 6) is -0.944. The van der Waals surface area contributed by atoms with E-state index in [1.807, 2.05) is 23.4 Å². The smallest absolute Gasteiger partial charge is 0.328 e. The standard InChI is InChI=1S/C11H15NO3S/c1-12(5-6-13)8-10-9(4-7-16-10)2-3-11(14)15/h2-4,7,13H,5-6,8H2,1H3,(H,14,15). The number of likely N-dealkylation sites (N-methyl/N-ethyl adjacent to an activating group) is 1. The third kappa shape index (κ3) is 4.14. The van der Waals surface area contributed by atoms with E-state index in [1.54, 1.807) is 17.4 Å². The number of hydrogen-bond donors (Lipinski definition) is 2.